The molecule has 74 valence electrons. The zero-order valence-corrected chi connectivity index (χ0v) is 9.72. The molecule has 0 bridgehead atoms. The molecule has 3 atom stereocenters. The Kier molecular flexibility index (Phi) is 5.61. The van der Waals surface area contributed by atoms with E-state index >= 15 is 0 Å². The first kappa shape index (κ1) is 12.0. The molecule has 0 aliphatic rings. The van der Waals surface area contributed by atoms with Crippen LogP contribution in [0.4, 0.5) is 0 Å². The Morgan fingerprint density at radius 2 is 1.25 bits per heavy atom. The predicted octanol–water partition coefficient (Wildman–Crippen LogP) is 4.35. The summed E-state index contributed by atoms with van der Waals surface area (Å²) in [7, 11) is 0. The lowest BCUT2D eigenvalue weighted by molar-refractivity contribution is 0.268. The predicted molar refractivity (Wildman–Crippen MR) is 57.2 cm³/mol. The molecule has 0 aromatic carbocycles. The normalized spacial score (nSPS) is 19.2. The van der Waals surface area contributed by atoms with Crippen LogP contribution in [-0.2, 0) is 0 Å². The van der Waals surface area contributed by atoms with Crippen LogP contribution in [0.1, 0.15) is 54.4 Å². The second-order valence-electron chi connectivity index (χ2n) is 4.82. The Morgan fingerprint density at radius 1 is 0.750 bits per heavy atom. The largest absolute Gasteiger partial charge is 0.0651 e. The summed E-state index contributed by atoms with van der Waals surface area (Å²) in [4.78, 5) is 0. The molecule has 0 spiro atoms. The fourth-order valence-electron chi connectivity index (χ4n) is 1.49. The van der Waals surface area contributed by atoms with Crippen LogP contribution in [0.15, 0.2) is 0 Å². The number of rotatable bonds is 5. The Balaban J connectivity index is 3.75. The lowest BCUT2D eigenvalue weighted by Crippen LogP contribution is -2.14. The molecule has 0 fully saturated rings. The Labute approximate surface area is 78.8 Å². The molecule has 0 aliphatic heterocycles. The van der Waals surface area contributed by atoms with Crippen LogP contribution in [0.3, 0.4) is 0 Å². The van der Waals surface area contributed by atoms with Crippen LogP contribution >= 0.6 is 0 Å². The van der Waals surface area contributed by atoms with E-state index in [1.165, 1.54) is 12.8 Å². The van der Waals surface area contributed by atoms with E-state index in [1.807, 2.05) is 0 Å². The van der Waals surface area contributed by atoms with Crippen molar-refractivity contribution in [3.8, 4) is 0 Å². The van der Waals surface area contributed by atoms with Crippen molar-refractivity contribution in [2.24, 2.45) is 23.7 Å². The summed E-state index contributed by atoms with van der Waals surface area (Å²) in [6.07, 6.45) is 2.72. The van der Waals surface area contributed by atoms with Crippen molar-refractivity contribution in [1.82, 2.24) is 0 Å². The lowest BCUT2D eigenvalue weighted by atomic mass is 9.82. The molecule has 0 saturated heterocycles. The Hall–Kier alpha value is 0. The third-order valence-electron chi connectivity index (χ3n) is 3.50. The van der Waals surface area contributed by atoms with E-state index < -0.39 is 0 Å². The maximum Gasteiger partial charge on any atom is -0.0414 e. The molecule has 0 amide bonds. The summed E-state index contributed by atoms with van der Waals surface area (Å²) in [5.41, 5.74) is 0. The quantitative estimate of drug-likeness (QED) is 0.575. The molecule has 0 N–H and O–H groups in total. The standard InChI is InChI=1S/C12H26/c1-7-10(4)12(6)8-11(5)9(2)3/h9-12H,7-8H2,1-6H3/t10-,11+,12?/m1/s1. The fraction of sp³-hybridized carbons (Fsp3) is 1.00. The lowest BCUT2D eigenvalue weighted by Gasteiger charge is -2.24. The maximum absolute atomic E-state index is 2.40. The molecule has 0 rings (SSSR count). The summed E-state index contributed by atoms with van der Waals surface area (Å²) in [5, 5.41) is 0. The summed E-state index contributed by atoms with van der Waals surface area (Å²) in [6, 6.07) is 0. The zero-order valence-electron chi connectivity index (χ0n) is 9.72. The van der Waals surface area contributed by atoms with E-state index in [-0.39, 0.29) is 0 Å². The summed E-state index contributed by atoms with van der Waals surface area (Å²) < 4.78 is 0. The van der Waals surface area contributed by atoms with Crippen LogP contribution < -0.4 is 0 Å². The van der Waals surface area contributed by atoms with Gasteiger partial charge in [0.25, 0.3) is 0 Å². The Bertz CT molecular complexity index is 105. The molecule has 0 nitrogen and oxygen atoms in total. The first-order valence-electron chi connectivity index (χ1n) is 5.49. The van der Waals surface area contributed by atoms with Crippen molar-refractivity contribution in [1.29, 1.82) is 0 Å². The molecular formula is C12H26. The van der Waals surface area contributed by atoms with Gasteiger partial charge in [-0.25, -0.2) is 0 Å². The van der Waals surface area contributed by atoms with E-state index in [0.29, 0.717) is 0 Å². The molecule has 0 saturated carbocycles. The highest BCUT2D eigenvalue weighted by Crippen LogP contribution is 2.25. The van der Waals surface area contributed by atoms with Gasteiger partial charge in [-0.1, -0.05) is 48.0 Å². The van der Waals surface area contributed by atoms with Gasteiger partial charge >= 0.3 is 0 Å². The molecule has 0 heterocycles. The average molecular weight is 170 g/mol. The summed E-state index contributed by atoms with van der Waals surface area (Å²) in [6.45, 7) is 14.1. The van der Waals surface area contributed by atoms with Crippen LogP contribution in [0.5, 0.6) is 0 Å². The molecule has 0 aliphatic carbocycles. The zero-order chi connectivity index (χ0) is 9.72. The molecule has 12 heavy (non-hydrogen) atoms. The van der Waals surface area contributed by atoms with Gasteiger partial charge in [0.05, 0.1) is 0 Å². The van der Waals surface area contributed by atoms with Gasteiger partial charge in [0, 0.05) is 0 Å². The van der Waals surface area contributed by atoms with Crippen molar-refractivity contribution < 1.29 is 0 Å². The van der Waals surface area contributed by atoms with Gasteiger partial charge in [-0.3, -0.25) is 0 Å². The second kappa shape index (κ2) is 5.61. The first-order valence-corrected chi connectivity index (χ1v) is 5.49. The van der Waals surface area contributed by atoms with Crippen molar-refractivity contribution in [2.45, 2.75) is 54.4 Å². The van der Waals surface area contributed by atoms with E-state index in [2.05, 4.69) is 41.5 Å². The first-order chi connectivity index (χ1) is 5.49. The fourth-order valence-corrected chi connectivity index (χ4v) is 1.49. The minimum absolute atomic E-state index is 0.844. The number of hydrogen-bond donors (Lipinski definition) is 0. The minimum atomic E-state index is 0.844. The highest BCUT2D eigenvalue weighted by Gasteiger charge is 2.15. The van der Waals surface area contributed by atoms with E-state index in [9.17, 15) is 0 Å². The summed E-state index contributed by atoms with van der Waals surface area (Å²) >= 11 is 0. The van der Waals surface area contributed by atoms with Gasteiger partial charge in [-0.15, -0.1) is 0 Å². The monoisotopic (exact) mass is 170 g/mol. The summed E-state index contributed by atoms with van der Waals surface area (Å²) in [5.74, 6) is 3.52. The smallest absolute Gasteiger partial charge is 0.0414 e. The second-order valence-corrected chi connectivity index (χ2v) is 4.82. The van der Waals surface area contributed by atoms with Gasteiger partial charge in [-0.2, -0.15) is 0 Å². The van der Waals surface area contributed by atoms with E-state index in [1.54, 1.807) is 0 Å². The maximum atomic E-state index is 2.40. The van der Waals surface area contributed by atoms with Crippen molar-refractivity contribution >= 4 is 0 Å². The van der Waals surface area contributed by atoms with Crippen LogP contribution in [0.25, 0.3) is 0 Å². The van der Waals surface area contributed by atoms with Crippen molar-refractivity contribution in [2.75, 3.05) is 0 Å². The van der Waals surface area contributed by atoms with Crippen LogP contribution in [-0.4, -0.2) is 0 Å². The SMILES string of the molecule is CC[C@@H](C)C(C)C[C@H](C)C(C)C. The van der Waals surface area contributed by atoms with E-state index in [0.717, 1.165) is 23.7 Å². The van der Waals surface area contributed by atoms with Crippen LogP contribution in [0, 0.1) is 23.7 Å². The highest BCUT2D eigenvalue weighted by molar-refractivity contribution is 4.66. The molecular weight excluding hydrogens is 144 g/mol. The third-order valence-corrected chi connectivity index (χ3v) is 3.50. The minimum Gasteiger partial charge on any atom is -0.0651 e. The van der Waals surface area contributed by atoms with Gasteiger partial charge in [0.1, 0.15) is 0 Å². The third kappa shape index (κ3) is 4.13. The van der Waals surface area contributed by atoms with Crippen LogP contribution in [0.2, 0.25) is 0 Å². The van der Waals surface area contributed by atoms with Gasteiger partial charge in [-0.05, 0) is 30.1 Å². The molecule has 0 aromatic heterocycles. The molecule has 0 aromatic rings. The Morgan fingerprint density at radius 3 is 1.58 bits per heavy atom. The van der Waals surface area contributed by atoms with E-state index in [4.69, 9.17) is 0 Å². The van der Waals surface area contributed by atoms with Gasteiger partial charge in [0.2, 0.25) is 0 Å². The van der Waals surface area contributed by atoms with Gasteiger partial charge in [0.15, 0.2) is 0 Å². The molecule has 0 heteroatoms. The van der Waals surface area contributed by atoms with Crippen molar-refractivity contribution in [3.05, 3.63) is 0 Å². The average Bonchev–Trinajstić information content (AvgIpc) is 2.02. The highest BCUT2D eigenvalue weighted by atomic mass is 14.2. The molecule has 0 radical (unpaired) electrons. The van der Waals surface area contributed by atoms with Crippen molar-refractivity contribution in [3.63, 3.8) is 0 Å². The molecule has 1 unspecified atom stereocenters. The topological polar surface area (TPSA) is 0 Å². The number of hydrogen-bond acceptors (Lipinski definition) is 0. The van der Waals surface area contributed by atoms with Gasteiger partial charge < -0.3 is 0 Å².